The molecule has 35 heavy (non-hydrogen) atoms. The molecular formula is C29H30NO5+. The molecule has 0 radical (unpaired) electrons. The van der Waals surface area contributed by atoms with E-state index in [1.54, 1.807) is 14.2 Å². The Morgan fingerprint density at radius 1 is 0.943 bits per heavy atom. The van der Waals surface area contributed by atoms with Gasteiger partial charge in [0.1, 0.15) is 12.3 Å². The second kappa shape index (κ2) is 9.84. The standard InChI is InChI=1S/C29H29NO5/c1-19-22-10-12-25-24(28(22)35-29(31)23(19)15-20-7-5-4-6-8-20)17-30(18-34-25)14-13-21-9-11-26(32-2)27(16-21)33-3/h4-12,16H,13-15,17-18H2,1-3H3/p+1. The van der Waals surface area contributed by atoms with E-state index in [9.17, 15) is 4.79 Å². The fraction of sp³-hybridized carbons (Fsp3) is 0.276. The zero-order valence-corrected chi connectivity index (χ0v) is 20.4. The van der Waals surface area contributed by atoms with Crippen LogP contribution in [0.2, 0.25) is 0 Å². The van der Waals surface area contributed by atoms with E-state index in [2.05, 4.69) is 6.07 Å². The minimum Gasteiger partial charge on any atom is -0.493 e. The fourth-order valence-electron chi connectivity index (χ4n) is 4.80. The summed E-state index contributed by atoms with van der Waals surface area (Å²) >= 11 is 0. The summed E-state index contributed by atoms with van der Waals surface area (Å²) in [7, 11) is 3.29. The number of methoxy groups -OCH3 is 2. The average molecular weight is 473 g/mol. The van der Waals surface area contributed by atoms with Gasteiger partial charge in [-0.25, -0.2) is 4.79 Å². The van der Waals surface area contributed by atoms with E-state index in [1.165, 1.54) is 10.5 Å². The van der Waals surface area contributed by atoms with Crippen LogP contribution in [0, 0.1) is 6.92 Å². The first-order valence-corrected chi connectivity index (χ1v) is 11.9. The van der Waals surface area contributed by atoms with Gasteiger partial charge >= 0.3 is 5.63 Å². The molecule has 5 rings (SSSR count). The third-order valence-corrected chi connectivity index (χ3v) is 6.81. The molecule has 1 unspecified atom stereocenters. The van der Waals surface area contributed by atoms with E-state index in [0.29, 0.717) is 24.3 Å². The molecule has 6 nitrogen and oxygen atoms in total. The van der Waals surface area contributed by atoms with Crippen molar-refractivity contribution in [1.29, 1.82) is 0 Å². The maximum atomic E-state index is 13.0. The highest BCUT2D eigenvalue weighted by atomic mass is 16.5. The highest BCUT2D eigenvalue weighted by Crippen LogP contribution is 2.31. The summed E-state index contributed by atoms with van der Waals surface area (Å²) < 4.78 is 22.8. The SMILES string of the molecule is COc1ccc(CC[NH+]2COc3ccc4c(C)c(Cc5ccccc5)c(=O)oc4c3C2)cc1OC. The van der Waals surface area contributed by atoms with Crippen molar-refractivity contribution in [2.24, 2.45) is 0 Å². The minimum absolute atomic E-state index is 0.273. The third kappa shape index (κ3) is 4.62. The first-order valence-electron chi connectivity index (χ1n) is 11.9. The summed E-state index contributed by atoms with van der Waals surface area (Å²) in [6.07, 6.45) is 1.42. The molecule has 1 aromatic heterocycles. The van der Waals surface area contributed by atoms with Gasteiger partial charge in [-0.2, -0.15) is 0 Å². The second-order valence-corrected chi connectivity index (χ2v) is 8.98. The number of fused-ring (bicyclic) bond motifs is 3. The Labute approximate surface area is 204 Å². The van der Waals surface area contributed by atoms with Crippen LogP contribution in [0.5, 0.6) is 17.2 Å². The topological polar surface area (TPSA) is 62.3 Å². The van der Waals surface area contributed by atoms with E-state index in [-0.39, 0.29) is 5.63 Å². The molecule has 180 valence electrons. The van der Waals surface area contributed by atoms with Crippen molar-refractivity contribution in [3.05, 3.63) is 98.9 Å². The number of hydrogen-bond acceptors (Lipinski definition) is 5. The maximum absolute atomic E-state index is 13.0. The van der Waals surface area contributed by atoms with E-state index in [4.69, 9.17) is 18.6 Å². The summed E-state index contributed by atoms with van der Waals surface area (Å²) in [6, 6.07) is 20.0. The van der Waals surface area contributed by atoms with Crippen molar-refractivity contribution >= 4 is 11.0 Å². The molecule has 0 saturated heterocycles. The minimum atomic E-state index is -0.273. The van der Waals surface area contributed by atoms with Crippen molar-refractivity contribution in [2.45, 2.75) is 26.3 Å². The van der Waals surface area contributed by atoms with Crippen LogP contribution in [-0.4, -0.2) is 27.5 Å². The molecule has 1 aliphatic heterocycles. The lowest BCUT2D eigenvalue weighted by Crippen LogP contribution is -3.12. The number of benzene rings is 3. The van der Waals surface area contributed by atoms with Gasteiger partial charge in [-0.15, -0.1) is 0 Å². The van der Waals surface area contributed by atoms with Crippen LogP contribution in [0.3, 0.4) is 0 Å². The Hall–Kier alpha value is -3.77. The van der Waals surface area contributed by atoms with Crippen LogP contribution in [-0.2, 0) is 19.4 Å². The number of ether oxygens (including phenoxy) is 3. The molecule has 0 saturated carbocycles. The van der Waals surface area contributed by atoms with Crippen LogP contribution >= 0.6 is 0 Å². The Morgan fingerprint density at radius 2 is 1.74 bits per heavy atom. The molecule has 1 aliphatic rings. The summed E-state index contributed by atoms with van der Waals surface area (Å²) in [5.74, 6) is 2.25. The zero-order valence-electron chi connectivity index (χ0n) is 20.4. The van der Waals surface area contributed by atoms with Crippen LogP contribution in [0.15, 0.2) is 69.9 Å². The lowest BCUT2D eigenvalue weighted by Gasteiger charge is -2.27. The number of aryl methyl sites for hydroxylation is 1. The molecule has 3 aromatic carbocycles. The van der Waals surface area contributed by atoms with Gasteiger partial charge in [-0.05, 0) is 47.9 Å². The van der Waals surface area contributed by atoms with Crippen LogP contribution in [0.25, 0.3) is 11.0 Å². The molecule has 0 fully saturated rings. The van der Waals surface area contributed by atoms with Crippen molar-refractivity contribution in [3.8, 4) is 17.2 Å². The van der Waals surface area contributed by atoms with Crippen LogP contribution in [0.1, 0.15) is 27.8 Å². The molecular weight excluding hydrogens is 442 g/mol. The van der Waals surface area contributed by atoms with Gasteiger partial charge in [0.2, 0.25) is 6.73 Å². The zero-order chi connectivity index (χ0) is 24.4. The lowest BCUT2D eigenvalue weighted by molar-refractivity contribution is -0.932. The molecule has 1 atom stereocenters. The Bertz CT molecular complexity index is 1410. The number of hydrogen-bond donors (Lipinski definition) is 1. The Balaban J connectivity index is 1.39. The van der Waals surface area contributed by atoms with Crippen molar-refractivity contribution in [2.75, 3.05) is 27.5 Å². The molecule has 0 amide bonds. The first kappa shape index (κ1) is 23.0. The normalized spacial score (nSPS) is 14.9. The van der Waals surface area contributed by atoms with E-state index in [0.717, 1.165) is 58.8 Å². The van der Waals surface area contributed by atoms with E-state index in [1.807, 2.05) is 61.5 Å². The number of quaternary nitrogens is 1. The third-order valence-electron chi connectivity index (χ3n) is 6.81. The van der Waals surface area contributed by atoms with E-state index >= 15 is 0 Å². The highest BCUT2D eigenvalue weighted by Gasteiger charge is 2.25. The van der Waals surface area contributed by atoms with Crippen LogP contribution in [0.4, 0.5) is 0 Å². The van der Waals surface area contributed by atoms with Gasteiger partial charge in [0.15, 0.2) is 17.1 Å². The molecule has 6 heteroatoms. The smallest absolute Gasteiger partial charge is 0.340 e. The molecule has 0 bridgehead atoms. The Morgan fingerprint density at radius 3 is 2.51 bits per heavy atom. The van der Waals surface area contributed by atoms with Gasteiger partial charge in [-0.3, -0.25) is 4.90 Å². The molecule has 4 aromatic rings. The highest BCUT2D eigenvalue weighted by molar-refractivity contribution is 5.86. The van der Waals surface area contributed by atoms with Crippen molar-refractivity contribution < 1.29 is 23.5 Å². The van der Waals surface area contributed by atoms with Crippen LogP contribution < -0.4 is 24.7 Å². The Kier molecular flexibility index (Phi) is 6.47. The van der Waals surface area contributed by atoms with Gasteiger partial charge in [0.25, 0.3) is 0 Å². The number of rotatable bonds is 7. The summed E-state index contributed by atoms with van der Waals surface area (Å²) in [4.78, 5) is 14.3. The predicted octanol–water partition coefficient (Wildman–Crippen LogP) is 3.69. The first-order chi connectivity index (χ1) is 17.1. The van der Waals surface area contributed by atoms with Gasteiger partial charge in [0.05, 0.1) is 26.3 Å². The van der Waals surface area contributed by atoms with Crippen molar-refractivity contribution in [1.82, 2.24) is 0 Å². The monoisotopic (exact) mass is 472 g/mol. The largest absolute Gasteiger partial charge is 0.493 e. The van der Waals surface area contributed by atoms with E-state index < -0.39 is 0 Å². The molecule has 1 N–H and O–H groups in total. The molecule has 0 spiro atoms. The summed E-state index contributed by atoms with van der Waals surface area (Å²) in [5.41, 5.74) is 5.27. The molecule has 0 aliphatic carbocycles. The summed E-state index contributed by atoms with van der Waals surface area (Å²) in [5, 5.41) is 0.971. The number of nitrogens with one attached hydrogen (secondary N) is 1. The van der Waals surface area contributed by atoms with Gasteiger partial charge in [-0.1, -0.05) is 36.4 Å². The lowest BCUT2D eigenvalue weighted by atomic mass is 9.97. The summed E-state index contributed by atoms with van der Waals surface area (Å²) in [6.45, 7) is 4.19. The fourth-order valence-corrected chi connectivity index (χ4v) is 4.80. The average Bonchev–Trinajstić information content (AvgIpc) is 2.90. The van der Waals surface area contributed by atoms with Gasteiger partial charge < -0.3 is 18.6 Å². The quantitative estimate of drug-likeness (QED) is 0.416. The molecule has 2 heterocycles. The maximum Gasteiger partial charge on any atom is 0.340 e. The second-order valence-electron chi connectivity index (χ2n) is 8.98. The van der Waals surface area contributed by atoms with Gasteiger partial charge in [0, 0.05) is 23.8 Å². The predicted molar refractivity (Wildman–Crippen MR) is 135 cm³/mol. The van der Waals surface area contributed by atoms with Crippen molar-refractivity contribution in [3.63, 3.8) is 0 Å².